The molecule has 144 valence electrons. The SMILES string of the molecule is CC(Sc1nnc(-c2ccc(Cl)cc2Cl)n1N)C(=O)N1CCc2ccccc21. The van der Waals surface area contributed by atoms with Crippen molar-refractivity contribution in [2.45, 2.75) is 23.8 Å². The number of aromatic nitrogens is 3. The molecule has 1 amide bonds. The lowest BCUT2D eigenvalue weighted by Crippen LogP contribution is -2.35. The van der Waals surface area contributed by atoms with E-state index in [0.29, 0.717) is 33.1 Å². The number of benzene rings is 2. The predicted octanol–water partition coefficient (Wildman–Crippen LogP) is 4.04. The zero-order valence-corrected chi connectivity index (χ0v) is 17.3. The Hall–Kier alpha value is -2.22. The molecular formula is C19H17Cl2N5OS. The number of hydrogen-bond donors (Lipinski definition) is 1. The van der Waals surface area contributed by atoms with E-state index in [1.54, 1.807) is 18.2 Å². The van der Waals surface area contributed by atoms with Crippen molar-refractivity contribution in [3.63, 3.8) is 0 Å². The first-order chi connectivity index (χ1) is 13.5. The van der Waals surface area contributed by atoms with Crippen molar-refractivity contribution >= 4 is 46.6 Å². The van der Waals surface area contributed by atoms with E-state index >= 15 is 0 Å². The van der Waals surface area contributed by atoms with Gasteiger partial charge in [0.15, 0.2) is 5.82 Å². The number of halogens is 2. The number of thioether (sulfide) groups is 1. The van der Waals surface area contributed by atoms with Gasteiger partial charge in [-0.1, -0.05) is 53.2 Å². The molecule has 2 aromatic carbocycles. The third-order valence-corrected chi connectivity index (χ3v) is 6.21. The third kappa shape index (κ3) is 3.45. The fourth-order valence-electron chi connectivity index (χ4n) is 3.21. The molecule has 6 nitrogen and oxygen atoms in total. The Bertz CT molecular complexity index is 1050. The van der Waals surface area contributed by atoms with E-state index in [9.17, 15) is 4.79 Å². The number of carbonyl (C=O) groups is 1. The van der Waals surface area contributed by atoms with Crippen LogP contribution in [0, 0.1) is 0 Å². The second kappa shape index (κ2) is 7.66. The number of hydrogen-bond acceptors (Lipinski definition) is 5. The number of rotatable bonds is 4. The number of para-hydroxylation sites is 1. The molecule has 1 unspecified atom stereocenters. The summed E-state index contributed by atoms with van der Waals surface area (Å²) in [6.07, 6.45) is 0.867. The molecule has 1 atom stereocenters. The fraction of sp³-hybridized carbons (Fsp3) is 0.211. The minimum absolute atomic E-state index is 0.0176. The van der Waals surface area contributed by atoms with E-state index in [0.717, 1.165) is 12.1 Å². The topological polar surface area (TPSA) is 77.0 Å². The summed E-state index contributed by atoms with van der Waals surface area (Å²) in [4.78, 5) is 14.8. The van der Waals surface area contributed by atoms with Gasteiger partial charge in [-0.2, -0.15) is 0 Å². The summed E-state index contributed by atoms with van der Waals surface area (Å²) in [6.45, 7) is 2.53. The van der Waals surface area contributed by atoms with Gasteiger partial charge in [-0.15, -0.1) is 10.2 Å². The Kier molecular flexibility index (Phi) is 5.23. The largest absolute Gasteiger partial charge is 0.335 e. The van der Waals surface area contributed by atoms with Crippen molar-refractivity contribution in [2.75, 3.05) is 17.3 Å². The predicted molar refractivity (Wildman–Crippen MR) is 113 cm³/mol. The number of nitrogens with zero attached hydrogens (tertiary/aromatic N) is 4. The summed E-state index contributed by atoms with van der Waals surface area (Å²) >= 11 is 13.5. The van der Waals surface area contributed by atoms with Crippen LogP contribution >= 0.6 is 35.0 Å². The smallest absolute Gasteiger partial charge is 0.240 e. The molecule has 2 heterocycles. The number of amides is 1. The molecule has 9 heteroatoms. The van der Waals surface area contributed by atoms with E-state index in [4.69, 9.17) is 29.0 Å². The molecule has 0 spiro atoms. The van der Waals surface area contributed by atoms with Gasteiger partial charge in [0, 0.05) is 22.8 Å². The van der Waals surface area contributed by atoms with Gasteiger partial charge in [0.1, 0.15) is 0 Å². The van der Waals surface area contributed by atoms with Gasteiger partial charge in [0.2, 0.25) is 11.1 Å². The van der Waals surface area contributed by atoms with Gasteiger partial charge in [0.05, 0.1) is 10.3 Å². The summed E-state index contributed by atoms with van der Waals surface area (Å²) in [6, 6.07) is 13.0. The van der Waals surface area contributed by atoms with Crippen LogP contribution in [0.4, 0.5) is 5.69 Å². The first-order valence-electron chi connectivity index (χ1n) is 8.67. The van der Waals surface area contributed by atoms with E-state index in [1.807, 2.05) is 30.0 Å². The zero-order valence-electron chi connectivity index (χ0n) is 15.0. The summed E-state index contributed by atoms with van der Waals surface area (Å²) in [5.41, 5.74) is 2.79. The number of anilines is 1. The molecule has 0 aliphatic carbocycles. The molecule has 1 aromatic heterocycles. The Morgan fingerprint density at radius 1 is 1.21 bits per heavy atom. The second-order valence-corrected chi connectivity index (χ2v) is 8.58. The zero-order chi connectivity index (χ0) is 19.8. The Balaban J connectivity index is 1.54. The first kappa shape index (κ1) is 19.1. The van der Waals surface area contributed by atoms with Crippen LogP contribution in [0.1, 0.15) is 12.5 Å². The van der Waals surface area contributed by atoms with Gasteiger partial charge in [-0.3, -0.25) is 4.79 Å². The summed E-state index contributed by atoms with van der Waals surface area (Å²) in [7, 11) is 0. The van der Waals surface area contributed by atoms with Crippen LogP contribution in [0.5, 0.6) is 0 Å². The van der Waals surface area contributed by atoms with Crippen LogP contribution in [0.15, 0.2) is 47.6 Å². The number of fused-ring (bicyclic) bond motifs is 1. The lowest BCUT2D eigenvalue weighted by molar-refractivity contribution is -0.117. The molecular weight excluding hydrogens is 417 g/mol. The van der Waals surface area contributed by atoms with Gasteiger partial charge < -0.3 is 10.7 Å². The van der Waals surface area contributed by atoms with Crippen LogP contribution in [-0.4, -0.2) is 32.6 Å². The third-order valence-electron chi connectivity index (χ3n) is 4.62. The highest BCUT2D eigenvalue weighted by Crippen LogP contribution is 2.33. The maximum Gasteiger partial charge on any atom is 0.240 e. The Labute approximate surface area is 176 Å². The highest BCUT2D eigenvalue weighted by Gasteiger charge is 2.29. The van der Waals surface area contributed by atoms with E-state index in [1.165, 1.54) is 22.0 Å². The fourth-order valence-corrected chi connectivity index (χ4v) is 4.53. The second-order valence-electron chi connectivity index (χ2n) is 6.43. The molecule has 0 fully saturated rings. The summed E-state index contributed by atoms with van der Waals surface area (Å²) in [5.74, 6) is 6.61. The van der Waals surface area contributed by atoms with Crippen LogP contribution in [0.25, 0.3) is 11.4 Å². The summed E-state index contributed by atoms with van der Waals surface area (Å²) < 4.78 is 1.35. The minimum Gasteiger partial charge on any atom is -0.335 e. The van der Waals surface area contributed by atoms with Crippen molar-refractivity contribution in [1.29, 1.82) is 0 Å². The number of nitrogen functional groups attached to an aromatic ring is 1. The molecule has 2 N–H and O–H groups in total. The van der Waals surface area contributed by atoms with Crippen LogP contribution < -0.4 is 10.7 Å². The molecule has 1 aliphatic rings. The molecule has 0 saturated heterocycles. The van der Waals surface area contributed by atoms with Crippen LogP contribution in [0.3, 0.4) is 0 Å². The van der Waals surface area contributed by atoms with Crippen molar-refractivity contribution in [1.82, 2.24) is 14.9 Å². The van der Waals surface area contributed by atoms with Gasteiger partial charge in [-0.25, -0.2) is 4.68 Å². The average molecular weight is 434 g/mol. The summed E-state index contributed by atoms with van der Waals surface area (Å²) in [5, 5.41) is 9.30. The van der Waals surface area contributed by atoms with Gasteiger partial charge in [-0.05, 0) is 43.2 Å². The minimum atomic E-state index is -0.369. The van der Waals surface area contributed by atoms with Crippen molar-refractivity contribution in [3.05, 3.63) is 58.1 Å². The normalized spacial score (nSPS) is 14.2. The first-order valence-corrected chi connectivity index (χ1v) is 10.3. The monoisotopic (exact) mass is 433 g/mol. The quantitative estimate of drug-likeness (QED) is 0.496. The Morgan fingerprint density at radius 3 is 2.79 bits per heavy atom. The van der Waals surface area contributed by atoms with E-state index < -0.39 is 0 Å². The molecule has 28 heavy (non-hydrogen) atoms. The lowest BCUT2D eigenvalue weighted by Gasteiger charge is -2.21. The molecule has 4 rings (SSSR count). The molecule has 0 bridgehead atoms. The number of carbonyl (C=O) groups excluding carboxylic acids is 1. The maximum atomic E-state index is 13.0. The van der Waals surface area contributed by atoms with E-state index in [2.05, 4.69) is 16.3 Å². The van der Waals surface area contributed by atoms with Gasteiger partial charge in [0.25, 0.3) is 0 Å². The molecule has 1 aliphatic heterocycles. The van der Waals surface area contributed by atoms with Crippen molar-refractivity contribution in [2.24, 2.45) is 0 Å². The number of nitrogens with two attached hydrogens (primary N) is 1. The standard InChI is InChI=1S/C19H17Cl2N5OS/c1-11(18(27)25-9-8-12-4-2-3-5-16(12)25)28-19-24-23-17(26(19)22)14-7-6-13(20)10-15(14)21/h2-7,10-11H,8-9,22H2,1H3. The maximum absolute atomic E-state index is 13.0. The average Bonchev–Trinajstić information content (AvgIpc) is 3.26. The Morgan fingerprint density at radius 2 is 2.00 bits per heavy atom. The van der Waals surface area contributed by atoms with E-state index in [-0.39, 0.29) is 11.2 Å². The van der Waals surface area contributed by atoms with Crippen molar-refractivity contribution in [3.8, 4) is 11.4 Å². The molecule has 3 aromatic rings. The molecule has 0 radical (unpaired) electrons. The lowest BCUT2D eigenvalue weighted by atomic mass is 10.2. The van der Waals surface area contributed by atoms with Crippen LogP contribution in [0.2, 0.25) is 10.0 Å². The molecule has 0 saturated carbocycles. The highest BCUT2D eigenvalue weighted by atomic mass is 35.5. The van der Waals surface area contributed by atoms with Crippen LogP contribution in [-0.2, 0) is 11.2 Å². The van der Waals surface area contributed by atoms with Gasteiger partial charge >= 0.3 is 0 Å². The highest BCUT2D eigenvalue weighted by molar-refractivity contribution is 8.00. The van der Waals surface area contributed by atoms with Crippen molar-refractivity contribution < 1.29 is 4.79 Å².